The molecule has 4 rings (SSSR count). The lowest BCUT2D eigenvalue weighted by Gasteiger charge is -2.26. The van der Waals surface area contributed by atoms with Gasteiger partial charge in [0.25, 0.3) is 0 Å². The van der Waals surface area contributed by atoms with Crippen LogP contribution in [0.3, 0.4) is 0 Å². The highest BCUT2D eigenvalue weighted by atomic mass is 35.5. The lowest BCUT2D eigenvalue weighted by atomic mass is 9.97. The van der Waals surface area contributed by atoms with Gasteiger partial charge in [-0.05, 0) is 53.6 Å². The second-order valence-electron chi connectivity index (χ2n) is 8.48. The summed E-state index contributed by atoms with van der Waals surface area (Å²) in [7, 11) is 0. The average Bonchev–Trinajstić information content (AvgIpc) is 3.17. The van der Waals surface area contributed by atoms with Gasteiger partial charge in [-0.15, -0.1) is 11.3 Å². The van der Waals surface area contributed by atoms with E-state index < -0.39 is 6.03 Å². The number of hydrogen-bond donors (Lipinski definition) is 1. The van der Waals surface area contributed by atoms with Crippen LogP contribution in [-0.4, -0.2) is 6.03 Å². The van der Waals surface area contributed by atoms with Gasteiger partial charge in [0.05, 0.1) is 5.69 Å². The van der Waals surface area contributed by atoms with E-state index in [1.165, 1.54) is 5.56 Å². The molecule has 2 N–H and O–H groups in total. The van der Waals surface area contributed by atoms with Crippen LogP contribution < -0.4 is 10.6 Å². The largest absolute Gasteiger partial charge is 0.351 e. The molecule has 0 atom stereocenters. The first-order valence-electron chi connectivity index (χ1n) is 11.4. The Labute approximate surface area is 204 Å². The normalized spacial score (nSPS) is 11.3. The average molecular weight is 477 g/mol. The van der Waals surface area contributed by atoms with Crippen LogP contribution >= 0.6 is 22.9 Å². The summed E-state index contributed by atoms with van der Waals surface area (Å²) in [6, 6.07) is 20.0. The summed E-state index contributed by atoms with van der Waals surface area (Å²) in [5, 5.41) is 2.55. The summed E-state index contributed by atoms with van der Waals surface area (Å²) >= 11 is 8.29. The second kappa shape index (κ2) is 9.58. The van der Waals surface area contributed by atoms with Crippen molar-refractivity contribution in [3.05, 3.63) is 82.4 Å². The summed E-state index contributed by atoms with van der Waals surface area (Å²) in [5.41, 5.74) is 12.3. The number of fused-ring (bicyclic) bond motifs is 1. The Kier molecular flexibility index (Phi) is 6.78. The van der Waals surface area contributed by atoms with E-state index in [4.69, 9.17) is 17.3 Å². The highest BCUT2D eigenvalue weighted by Crippen LogP contribution is 2.50. The smallest absolute Gasteiger partial charge is 0.324 e. The molecule has 0 aliphatic carbocycles. The molecule has 1 aromatic heterocycles. The number of amides is 2. The van der Waals surface area contributed by atoms with Gasteiger partial charge in [0.1, 0.15) is 5.00 Å². The molecular formula is C28H29ClN2OS. The van der Waals surface area contributed by atoms with Crippen LogP contribution in [0, 0.1) is 0 Å². The Balaban J connectivity index is 2.11. The number of thiophene rings is 1. The van der Waals surface area contributed by atoms with Crippen molar-refractivity contribution in [2.45, 2.75) is 46.5 Å². The Morgan fingerprint density at radius 2 is 1.67 bits per heavy atom. The number of halogens is 1. The fourth-order valence-electron chi connectivity index (χ4n) is 4.36. The van der Waals surface area contributed by atoms with Crippen LogP contribution in [0.4, 0.5) is 15.5 Å². The summed E-state index contributed by atoms with van der Waals surface area (Å²) < 4.78 is 1.10. The molecule has 170 valence electrons. The molecule has 0 aliphatic rings. The van der Waals surface area contributed by atoms with Gasteiger partial charge in [0.2, 0.25) is 0 Å². The maximum absolute atomic E-state index is 13.1. The van der Waals surface area contributed by atoms with E-state index in [2.05, 4.69) is 64.1 Å². The van der Waals surface area contributed by atoms with Crippen molar-refractivity contribution >= 4 is 49.7 Å². The molecule has 0 bridgehead atoms. The summed E-state index contributed by atoms with van der Waals surface area (Å²) in [4.78, 5) is 14.8. The zero-order chi connectivity index (χ0) is 23.7. The maximum Gasteiger partial charge on any atom is 0.324 e. The predicted molar refractivity (Wildman–Crippen MR) is 143 cm³/mol. The van der Waals surface area contributed by atoms with E-state index in [0.29, 0.717) is 10.9 Å². The highest BCUT2D eigenvalue weighted by Gasteiger charge is 2.28. The Morgan fingerprint density at radius 1 is 1.00 bits per heavy atom. The van der Waals surface area contributed by atoms with Crippen LogP contribution in [0.1, 0.15) is 50.3 Å². The van der Waals surface area contributed by atoms with Crippen molar-refractivity contribution in [2.24, 2.45) is 5.73 Å². The molecule has 0 unspecified atom stereocenters. The maximum atomic E-state index is 13.1. The van der Waals surface area contributed by atoms with E-state index in [0.717, 1.165) is 55.9 Å². The molecule has 3 nitrogen and oxygen atoms in total. The number of benzene rings is 3. The van der Waals surface area contributed by atoms with Crippen LogP contribution in [0.15, 0.2) is 60.7 Å². The Morgan fingerprint density at radius 3 is 2.24 bits per heavy atom. The minimum absolute atomic E-state index is 0.386. The van der Waals surface area contributed by atoms with Crippen LogP contribution in [-0.2, 0) is 12.8 Å². The molecule has 4 aromatic rings. The van der Waals surface area contributed by atoms with E-state index in [-0.39, 0.29) is 0 Å². The van der Waals surface area contributed by atoms with Gasteiger partial charge in [-0.1, -0.05) is 81.8 Å². The third kappa shape index (κ3) is 4.25. The quantitative estimate of drug-likeness (QED) is 0.297. The van der Waals surface area contributed by atoms with Crippen molar-refractivity contribution < 1.29 is 4.79 Å². The van der Waals surface area contributed by atoms with Gasteiger partial charge in [0, 0.05) is 26.2 Å². The molecule has 0 aliphatic heterocycles. The number of aryl methyl sites for hydroxylation is 2. The van der Waals surface area contributed by atoms with E-state index in [9.17, 15) is 4.79 Å². The number of hydrogen-bond acceptors (Lipinski definition) is 2. The minimum atomic E-state index is -0.491. The lowest BCUT2D eigenvalue weighted by molar-refractivity contribution is 0.256. The van der Waals surface area contributed by atoms with E-state index >= 15 is 0 Å². The van der Waals surface area contributed by atoms with Crippen molar-refractivity contribution in [2.75, 3.05) is 4.90 Å². The summed E-state index contributed by atoms with van der Waals surface area (Å²) in [5.74, 6) is 0.386. The number of anilines is 2. The first-order valence-corrected chi connectivity index (χ1v) is 12.6. The third-order valence-electron chi connectivity index (χ3n) is 6.12. The van der Waals surface area contributed by atoms with Crippen LogP contribution in [0.2, 0.25) is 5.02 Å². The number of nitrogens with zero attached hydrogens (tertiary/aromatic N) is 1. The number of primary amides is 1. The molecular weight excluding hydrogens is 448 g/mol. The molecule has 0 spiro atoms. The van der Waals surface area contributed by atoms with E-state index in [1.54, 1.807) is 16.2 Å². The lowest BCUT2D eigenvalue weighted by Crippen LogP contribution is -2.32. The van der Waals surface area contributed by atoms with Gasteiger partial charge in [0.15, 0.2) is 0 Å². The number of carbonyl (C=O) groups excluding carboxylic acids is 1. The van der Waals surface area contributed by atoms with Crippen molar-refractivity contribution in [3.8, 4) is 11.1 Å². The zero-order valence-electron chi connectivity index (χ0n) is 19.5. The molecule has 1 heterocycles. The molecule has 0 saturated carbocycles. The fourth-order valence-corrected chi connectivity index (χ4v) is 5.80. The van der Waals surface area contributed by atoms with Gasteiger partial charge >= 0.3 is 6.03 Å². The first kappa shape index (κ1) is 23.3. The van der Waals surface area contributed by atoms with Crippen LogP contribution in [0.5, 0.6) is 0 Å². The summed E-state index contributed by atoms with van der Waals surface area (Å²) in [6.07, 6.45) is 1.60. The molecule has 0 saturated heterocycles. The molecule has 2 amide bonds. The topological polar surface area (TPSA) is 46.3 Å². The van der Waals surface area contributed by atoms with Gasteiger partial charge in [-0.25, -0.2) is 4.79 Å². The highest BCUT2D eigenvalue weighted by molar-refractivity contribution is 7.23. The van der Waals surface area contributed by atoms with E-state index in [1.807, 2.05) is 24.3 Å². The van der Waals surface area contributed by atoms with Gasteiger partial charge in [-0.2, -0.15) is 0 Å². The first-order chi connectivity index (χ1) is 15.9. The molecule has 5 heteroatoms. The Bertz CT molecular complexity index is 1300. The summed E-state index contributed by atoms with van der Waals surface area (Å²) in [6.45, 7) is 8.58. The Hall–Kier alpha value is -2.82. The number of carbonyl (C=O) groups is 1. The molecule has 3 aromatic carbocycles. The van der Waals surface area contributed by atoms with Crippen molar-refractivity contribution in [3.63, 3.8) is 0 Å². The van der Waals surface area contributed by atoms with Crippen molar-refractivity contribution in [1.82, 2.24) is 0 Å². The monoisotopic (exact) mass is 476 g/mol. The zero-order valence-corrected chi connectivity index (χ0v) is 21.1. The predicted octanol–water partition coefficient (Wildman–Crippen LogP) is 8.69. The molecule has 33 heavy (non-hydrogen) atoms. The standard InChI is InChI=1S/C28H29ClN2OS/c1-5-18-10-9-11-19(6-2)26(18)31(28(30)32)27-25(21-12-7-8-13-23(21)29)22-16-20(17(3)4)14-15-24(22)33-27/h7-17H,5-6H2,1-4H3,(H2,30,32). The number of rotatable bonds is 6. The third-order valence-corrected chi connectivity index (χ3v) is 7.60. The second-order valence-corrected chi connectivity index (χ2v) is 9.92. The SMILES string of the molecule is CCc1cccc(CC)c1N(C(N)=O)c1sc2ccc(C(C)C)cc2c1-c1ccccc1Cl. The molecule has 0 radical (unpaired) electrons. The van der Waals surface area contributed by atoms with Crippen LogP contribution in [0.25, 0.3) is 21.2 Å². The van der Waals surface area contributed by atoms with Gasteiger partial charge in [-0.3, -0.25) is 4.90 Å². The minimum Gasteiger partial charge on any atom is -0.351 e. The van der Waals surface area contributed by atoms with Crippen molar-refractivity contribution in [1.29, 1.82) is 0 Å². The van der Waals surface area contributed by atoms with Gasteiger partial charge < -0.3 is 5.73 Å². The number of nitrogens with two attached hydrogens (primary N) is 1. The number of para-hydroxylation sites is 1. The molecule has 0 fully saturated rings. The fraction of sp³-hybridized carbons (Fsp3) is 0.250. The number of urea groups is 1.